The molecular formula is C19H18BrN3OS. The number of Topliss-reactive ketones (excluding diaryl/α,β-unsaturated/α-hetero) is 1. The summed E-state index contributed by atoms with van der Waals surface area (Å²) in [6.07, 6.45) is 3.13. The number of benzene rings is 2. The van der Waals surface area contributed by atoms with Gasteiger partial charge in [-0.1, -0.05) is 70.2 Å². The predicted molar refractivity (Wildman–Crippen MR) is 106 cm³/mol. The fraction of sp³-hybridized carbons (Fsp3) is 0.158. The Kier molecular flexibility index (Phi) is 5.94. The Balaban J connectivity index is 1.52. The summed E-state index contributed by atoms with van der Waals surface area (Å²) < 4.78 is 2.52. The lowest BCUT2D eigenvalue weighted by atomic mass is 10.1. The fourth-order valence-corrected chi connectivity index (χ4v) is 3.51. The molecule has 0 saturated heterocycles. The van der Waals surface area contributed by atoms with Crippen LogP contribution in [0, 0.1) is 0 Å². The average molecular weight is 416 g/mol. The summed E-state index contributed by atoms with van der Waals surface area (Å²) in [5, 5.41) is 0.759. The molecule has 0 amide bonds. The van der Waals surface area contributed by atoms with Gasteiger partial charge in [0.1, 0.15) is 0 Å². The molecule has 2 aromatic carbocycles. The van der Waals surface area contributed by atoms with Crippen LogP contribution in [0.4, 0.5) is 0 Å². The van der Waals surface area contributed by atoms with E-state index in [1.807, 2.05) is 60.8 Å². The third-order valence-corrected chi connectivity index (χ3v) is 5.30. The number of carbonyl (C=O) groups is 1. The van der Waals surface area contributed by atoms with Crippen molar-refractivity contribution in [3.8, 4) is 11.3 Å². The highest BCUT2D eigenvalue weighted by atomic mass is 79.9. The van der Waals surface area contributed by atoms with Crippen molar-refractivity contribution >= 4 is 33.5 Å². The molecule has 0 spiro atoms. The summed E-state index contributed by atoms with van der Waals surface area (Å²) in [5.74, 6) is 6.95. The number of nitrogens with zero attached hydrogens (tertiary/aromatic N) is 2. The van der Waals surface area contributed by atoms with Gasteiger partial charge in [-0.25, -0.2) is 9.66 Å². The molecular weight excluding hydrogens is 398 g/mol. The number of aromatic nitrogens is 2. The Morgan fingerprint density at radius 3 is 2.56 bits per heavy atom. The summed E-state index contributed by atoms with van der Waals surface area (Å²) in [6, 6.07) is 17.4. The number of hydrogen-bond acceptors (Lipinski definition) is 4. The van der Waals surface area contributed by atoms with Gasteiger partial charge >= 0.3 is 0 Å². The number of nitrogen functional groups attached to an aromatic ring is 1. The van der Waals surface area contributed by atoms with Crippen LogP contribution in [0.15, 0.2) is 70.4 Å². The first-order valence-electron chi connectivity index (χ1n) is 7.95. The highest BCUT2D eigenvalue weighted by Crippen LogP contribution is 2.23. The molecule has 6 heteroatoms. The van der Waals surface area contributed by atoms with E-state index in [2.05, 4.69) is 20.9 Å². The zero-order chi connectivity index (χ0) is 17.6. The Morgan fingerprint density at radius 2 is 1.84 bits per heavy atom. The lowest BCUT2D eigenvalue weighted by Gasteiger charge is -2.02. The lowest BCUT2D eigenvalue weighted by Crippen LogP contribution is -2.08. The Bertz CT molecular complexity index is 847. The number of imidazole rings is 1. The molecule has 0 radical (unpaired) electrons. The first-order chi connectivity index (χ1) is 12.1. The minimum atomic E-state index is 0.161. The van der Waals surface area contributed by atoms with Gasteiger partial charge in [0.25, 0.3) is 0 Å². The topological polar surface area (TPSA) is 60.9 Å². The Morgan fingerprint density at radius 1 is 1.12 bits per heavy atom. The molecule has 3 rings (SSSR count). The van der Waals surface area contributed by atoms with Gasteiger partial charge in [0.05, 0.1) is 11.9 Å². The number of hydrogen-bond donors (Lipinski definition) is 1. The Hall–Kier alpha value is -2.05. The van der Waals surface area contributed by atoms with E-state index in [1.54, 1.807) is 16.4 Å². The minimum Gasteiger partial charge on any atom is -0.337 e. The maximum Gasteiger partial charge on any atom is 0.187 e. The van der Waals surface area contributed by atoms with Crippen molar-refractivity contribution < 1.29 is 4.79 Å². The second-order valence-corrected chi connectivity index (χ2v) is 7.54. The number of thioether (sulfide) groups is 1. The quantitative estimate of drug-likeness (QED) is 0.261. The summed E-state index contributed by atoms with van der Waals surface area (Å²) in [7, 11) is 0. The number of halogens is 1. The van der Waals surface area contributed by atoms with E-state index < -0.39 is 0 Å². The number of carbonyl (C=O) groups excluding carboxylic acids is 1. The van der Waals surface area contributed by atoms with Gasteiger partial charge in [-0.2, -0.15) is 0 Å². The van der Waals surface area contributed by atoms with E-state index >= 15 is 0 Å². The lowest BCUT2D eigenvalue weighted by molar-refractivity contribution is 0.0982. The molecule has 2 N–H and O–H groups in total. The van der Waals surface area contributed by atoms with Crippen molar-refractivity contribution in [2.24, 2.45) is 0 Å². The monoisotopic (exact) mass is 415 g/mol. The highest BCUT2D eigenvalue weighted by molar-refractivity contribution is 9.10. The number of ketones is 1. The van der Waals surface area contributed by atoms with Gasteiger partial charge in [0.2, 0.25) is 0 Å². The van der Waals surface area contributed by atoms with Crippen LogP contribution in [0.25, 0.3) is 11.3 Å². The van der Waals surface area contributed by atoms with Gasteiger partial charge in [0, 0.05) is 27.8 Å². The third-order valence-electron chi connectivity index (χ3n) is 3.71. The SMILES string of the molecule is Nn1cc(-c2ccccc2)nc1SCCCC(=O)c1ccc(Br)cc1. The molecule has 1 heterocycles. The van der Waals surface area contributed by atoms with Crippen LogP contribution < -0.4 is 5.84 Å². The summed E-state index contributed by atoms with van der Waals surface area (Å²) in [5.41, 5.74) is 2.65. The van der Waals surface area contributed by atoms with Crippen LogP contribution in [0.1, 0.15) is 23.2 Å². The van der Waals surface area contributed by atoms with Crippen molar-refractivity contribution in [1.82, 2.24) is 9.66 Å². The van der Waals surface area contributed by atoms with Crippen molar-refractivity contribution in [2.45, 2.75) is 18.0 Å². The van der Waals surface area contributed by atoms with E-state index in [0.717, 1.165) is 38.6 Å². The summed E-state index contributed by atoms with van der Waals surface area (Å²) in [4.78, 5) is 16.7. The molecule has 25 heavy (non-hydrogen) atoms. The second kappa shape index (κ2) is 8.36. The molecule has 0 aliphatic heterocycles. The van der Waals surface area contributed by atoms with E-state index in [1.165, 1.54) is 0 Å². The molecule has 0 atom stereocenters. The minimum absolute atomic E-state index is 0.161. The highest BCUT2D eigenvalue weighted by Gasteiger charge is 2.09. The molecule has 0 saturated carbocycles. The third kappa shape index (κ3) is 4.74. The van der Waals surface area contributed by atoms with Crippen LogP contribution >= 0.6 is 27.7 Å². The molecule has 1 aromatic heterocycles. The zero-order valence-corrected chi connectivity index (χ0v) is 16.0. The maximum absolute atomic E-state index is 12.2. The average Bonchev–Trinajstić information content (AvgIpc) is 3.01. The van der Waals surface area contributed by atoms with Gasteiger partial charge in [0.15, 0.2) is 10.9 Å². The van der Waals surface area contributed by atoms with E-state index in [0.29, 0.717) is 6.42 Å². The predicted octanol–water partition coefficient (Wildman–Crippen LogP) is 4.78. The molecule has 0 bridgehead atoms. The molecule has 0 aliphatic carbocycles. The van der Waals surface area contributed by atoms with E-state index in [-0.39, 0.29) is 5.78 Å². The van der Waals surface area contributed by atoms with Crippen molar-refractivity contribution in [3.05, 3.63) is 70.8 Å². The molecule has 0 fully saturated rings. The smallest absolute Gasteiger partial charge is 0.187 e. The molecule has 0 aliphatic rings. The van der Waals surface area contributed by atoms with Crippen LogP contribution in [0.2, 0.25) is 0 Å². The van der Waals surface area contributed by atoms with Gasteiger partial charge < -0.3 is 5.84 Å². The van der Waals surface area contributed by atoms with Gasteiger partial charge in [-0.15, -0.1) is 0 Å². The largest absolute Gasteiger partial charge is 0.337 e. The van der Waals surface area contributed by atoms with Crippen molar-refractivity contribution in [1.29, 1.82) is 0 Å². The fourth-order valence-electron chi connectivity index (χ4n) is 2.41. The van der Waals surface area contributed by atoms with Crippen molar-refractivity contribution in [3.63, 3.8) is 0 Å². The van der Waals surface area contributed by atoms with Gasteiger partial charge in [-0.05, 0) is 18.6 Å². The first kappa shape index (κ1) is 17.8. The van der Waals surface area contributed by atoms with Crippen LogP contribution in [-0.2, 0) is 0 Å². The zero-order valence-electron chi connectivity index (χ0n) is 13.6. The molecule has 0 unspecified atom stereocenters. The van der Waals surface area contributed by atoms with Crippen LogP contribution in [0.3, 0.4) is 0 Å². The normalized spacial score (nSPS) is 10.8. The van der Waals surface area contributed by atoms with E-state index in [9.17, 15) is 4.79 Å². The maximum atomic E-state index is 12.2. The van der Waals surface area contributed by atoms with Crippen LogP contribution in [0.5, 0.6) is 0 Å². The number of nitrogens with two attached hydrogens (primary N) is 1. The van der Waals surface area contributed by atoms with Crippen LogP contribution in [-0.4, -0.2) is 21.2 Å². The molecule has 3 aromatic rings. The standard InChI is InChI=1S/C19H18BrN3OS/c20-16-10-8-15(9-11-16)18(24)7-4-12-25-19-22-17(13-23(19)21)14-5-2-1-3-6-14/h1-3,5-6,8-11,13H,4,7,12,21H2. The van der Waals surface area contributed by atoms with E-state index in [4.69, 9.17) is 5.84 Å². The summed E-state index contributed by atoms with van der Waals surface area (Å²) >= 11 is 4.94. The first-order valence-corrected chi connectivity index (χ1v) is 9.73. The van der Waals surface area contributed by atoms with Gasteiger partial charge in [-0.3, -0.25) is 4.79 Å². The number of rotatable bonds is 7. The Labute approximate surface area is 159 Å². The summed E-state index contributed by atoms with van der Waals surface area (Å²) in [6.45, 7) is 0. The molecule has 4 nitrogen and oxygen atoms in total. The second-order valence-electron chi connectivity index (χ2n) is 5.56. The van der Waals surface area contributed by atoms with Crippen molar-refractivity contribution in [2.75, 3.05) is 11.6 Å². The molecule has 128 valence electrons.